The Morgan fingerprint density at radius 1 is 0.857 bits per heavy atom. The molecule has 0 radical (unpaired) electrons. The molecule has 1 unspecified atom stereocenters. The Morgan fingerprint density at radius 2 is 1.46 bits per heavy atom. The van der Waals surface area contributed by atoms with Gasteiger partial charge in [-0.3, -0.25) is 4.79 Å². The summed E-state index contributed by atoms with van der Waals surface area (Å²) in [6, 6.07) is 28.2. The maximum absolute atomic E-state index is 12.7. The molecule has 4 aromatic rings. The fourth-order valence-electron chi connectivity index (χ4n) is 2.96. The Balaban J connectivity index is 1.61. The molecule has 5 heteroatoms. The van der Waals surface area contributed by atoms with E-state index < -0.39 is 6.04 Å². The lowest BCUT2D eigenvalue weighted by Crippen LogP contribution is -2.30. The summed E-state index contributed by atoms with van der Waals surface area (Å²) < 4.78 is 5.51. The predicted molar refractivity (Wildman–Crippen MR) is 107 cm³/mol. The van der Waals surface area contributed by atoms with Gasteiger partial charge in [-0.2, -0.15) is 4.98 Å². The minimum absolute atomic E-state index is 0.180. The van der Waals surface area contributed by atoms with Crippen molar-refractivity contribution >= 4 is 5.91 Å². The number of nitrogens with zero attached hydrogens (tertiary/aromatic N) is 2. The van der Waals surface area contributed by atoms with E-state index in [1.165, 1.54) is 0 Å². The van der Waals surface area contributed by atoms with Crippen molar-refractivity contribution in [2.45, 2.75) is 12.5 Å². The van der Waals surface area contributed by atoms with Gasteiger partial charge >= 0.3 is 0 Å². The molecule has 0 bridgehead atoms. The summed E-state index contributed by atoms with van der Waals surface area (Å²) in [5, 5.41) is 7.12. The van der Waals surface area contributed by atoms with Gasteiger partial charge in [0.2, 0.25) is 11.7 Å². The molecular formula is C23H19N3O2. The predicted octanol–water partition coefficient (Wildman–Crippen LogP) is 4.45. The van der Waals surface area contributed by atoms with Gasteiger partial charge in [0, 0.05) is 17.5 Å². The molecule has 0 aliphatic rings. The molecule has 1 aromatic heterocycles. The summed E-state index contributed by atoms with van der Waals surface area (Å²) in [7, 11) is 0. The van der Waals surface area contributed by atoms with Crippen LogP contribution in [0.25, 0.3) is 11.4 Å². The second kappa shape index (κ2) is 8.31. The summed E-state index contributed by atoms with van der Waals surface area (Å²) in [4.78, 5) is 17.2. The van der Waals surface area contributed by atoms with Crippen LogP contribution in [0.3, 0.4) is 0 Å². The zero-order chi connectivity index (χ0) is 19.2. The quantitative estimate of drug-likeness (QED) is 0.545. The van der Waals surface area contributed by atoms with Crippen LogP contribution in [-0.2, 0) is 6.42 Å². The minimum atomic E-state index is -0.430. The average Bonchev–Trinajstić information content (AvgIpc) is 3.25. The highest BCUT2D eigenvalue weighted by molar-refractivity contribution is 5.94. The van der Waals surface area contributed by atoms with Crippen molar-refractivity contribution in [1.82, 2.24) is 15.5 Å². The molecule has 0 spiro atoms. The third-order valence-corrected chi connectivity index (χ3v) is 4.40. The molecule has 0 aliphatic heterocycles. The first-order valence-electron chi connectivity index (χ1n) is 9.08. The smallest absolute Gasteiger partial charge is 0.251 e. The molecule has 1 amide bonds. The van der Waals surface area contributed by atoms with Gasteiger partial charge in [0.15, 0.2) is 0 Å². The Kier molecular flexibility index (Phi) is 5.24. The van der Waals surface area contributed by atoms with Crippen LogP contribution in [0.1, 0.15) is 27.9 Å². The fraction of sp³-hybridized carbons (Fsp3) is 0.0870. The van der Waals surface area contributed by atoms with E-state index in [-0.39, 0.29) is 5.91 Å². The summed E-state index contributed by atoms with van der Waals surface area (Å²) in [6.07, 6.45) is 0.551. The van der Waals surface area contributed by atoms with Gasteiger partial charge in [0.1, 0.15) is 6.04 Å². The molecule has 0 saturated heterocycles. The molecule has 0 saturated carbocycles. The summed E-state index contributed by atoms with van der Waals surface area (Å²) in [5.41, 5.74) is 2.52. The molecular weight excluding hydrogens is 350 g/mol. The van der Waals surface area contributed by atoms with Crippen LogP contribution in [0.4, 0.5) is 0 Å². The maximum Gasteiger partial charge on any atom is 0.251 e. The number of amides is 1. The number of carbonyl (C=O) groups excluding carboxylic acids is 1. The Hall–Kier alpha value is -3.73. The van der Waals surface area contributed by atoms with E-state index in [0.29, 0.717) is 23.7 Å². The third kappa shape index (κ3) is 4.15. The van der Waals surface area contributed by atoms with E-state index in [1.807, 2.05) is 78.9 Å². The Labute approximate surface area is 163 Å². The topological polar surface area (TPSA) is 68.0 Å². The van der Waals surface area contributed by atoms with Crippen molar-refractivity contribution in [3.05, 3.63) is 108 Å². The molecule has 0 aliphatic carbocycles. The molecule has 138 valence electrons. The van der Waals surface area contributed by atoms with Gasteiger partial charge in [-0.25, -0.2) is 0 Å². The van der Waals surface area contributed by atoms with Crippen molar-refractivity contribution in [3.8, 4) is 11.4 Å². The average molecular weight is 369 g/mol. The van der Waals surface area contributed by atoms with E-state index in [0.717, 1.165) is 11.1 Å². The Morgan fingerprint density at radius 3 is 2.14 bits per heavy atom. The maximum atomic E-state index is 12.7. The van der Waals surface area contributed by atoms with Crippen molar-refractivity contribution in [2.24, 2.45) is 0 Å². The molecule has 0 fully saturated rings. The lowest BCUT2D eigenvalue weighted by Gasteiger charge is -2.15. The van der Waals surface area contributed by atoms with Gasteiger partial charge in [-0.1, -0.05) is 84.0 Å². The highest BCUT2D eigenvalue weighted by atomic mass is 16.5. The van der Waals surface area contributed by atoms with Crippen LogP contribution in [0.5, 0.6) is 0 Å². The minimum Gasteiger partial charge on any atom is -0.340 e. The SMILES string of the molecule is O=C(NC(Cc1ccccc1)c1nc(-c2ccccc2)no1)c1ccccc1. The van der Waals surface area contributed by atoms with Crippen LogP contribution in [-0.4, -0.2) is 16.0 Å². The zero-order valence-corrected chi connectivity index (χ0v) is 15.2. The molecule has 1 atom stereocenters. The van der Waals surface area contributed by atoms with E-state index in [1.54, 1.807) is 12.1 Å². The van der Waals surface area contributed by atoms with Crippen LogP contribution in [0.15, 0.2) is 95.5 Å². The van der Waals surface area contributed by atoms with Crippen LogP contribution in [0, 0.1) is 0 Å². The van der Waals surface area contributed by atoms with E-state index >= 15 is 0 Å². The molecule has 5 nitrogen and oxygen atoms in total. The number of carbonyl (C=O) groups is 1. The van der Waals surface area contributed by atoms with Crippen LogP contribution >= 0.6 is 0 Å². The number of nitrogens with one attached hydrogen (secondary N) is 1. The highest BCUT2D eigenvalue weighted by Gasteiger charge is 2.23. The summed E-state index contributed by atoms with van der Waals surface area (Å²) >= 11 is 0. The molecule has 4 rings (SSSR count). The number of aromatic nitrogens is 2. The van der Waals surface area contributed by atoms with Crippen molar-refractivity contribution in [2.75, 3.05) is 0 Å². The van der Waals surface area contributed by atoms with E-state index in [4.69, 9.17) is 4.52 Å². The van der Waals surface area contributed by atoms with Gasteiger partial charge in [-0.15, -0.1) is 0 Å². The number of hydrogen-bond donors (Lipinski definition) is 1. The van der Waals surface area contributed by atoms with Gasteiger partial charge in [0.25, 0.3) is 5.91 Å². The number of benzene rings is 3. The second-order valence-electron chi connectivity index (χ2n) is 6.40. The largest absolute Gasteiger partial charge is 0.340 e. The second-order valence-corrected chi connectivity index (χ2v) is 6.40. The third-order valence-electron chi connectivity index (χ3n) is 4.40. The van der Waals surface area contributed by atoms with Gasteiger partial charge in [-0.05, 0) is 17.7 Å². The summed E-state index contributed by atoms with van der Waals surface area (Å²) in [6.45, 7) is 0. The summed E-state index contributed by atoms with van der Waals surface area (Å²) in [5.74, 6) is 0.704. The van der Waals surface area contributed by atoms with Gasteiger partial charge in [0.05, 0.1) is 0 Å². The Bertz CT molecular complexity index is 1030. The van der Waals surface area contributed by atoms with Gasteiger partial charge < -0.3 is 9.84 Å². The number of hydrogen-bond acceptors (Lipinski definition) is 4. The molecule has 1 heterocycles. The molecule has 28 heavy (non-hydrogen) atoms. The first-order chi connectivity index (χ1) is 13.8. The number of rotatable bonds is 6. The van der Waals surface area contributed by atoms with E-state index in [2.05, 4.69) is 15.5 Å². The standard InChI is InChI=1S/C23H19N3O2/c27-22(19-14-8-3-9-15-19)24-20(16-17-10-4-1-5-11-17)23-25-21(26-28-23)18-12-6-2-7-13-18/h1-15,20H,16H2,(H,24,27). The van der Waals surface area contributed by atoms with Crippen LogP contribution < -0.4 is 5.32 Å². The van der Waals surface area contributed by atoms with Crippen molar-refractivity contribution in [3.63, 3.8) is 0 Å². The lowest BCUT2D eigenvalue weighted by molar-refractivity contribution is 0.0928. The van der Waals surface area contributed by atoms with Crippen molar-refractivity contribution in [1.29, 1.82) is 0 Å². The first kappa shape index (κ1) is 17.7. The lowest BCUT2D eigenvalue weighted by atomic mass is 10.1. The monoisotopic (exact) mass is 369 g/mol. The van der Waals surface area contributed by atoms with E-state index in [9.17, 15) is 4.79 Å². The van der Waals surface area contributed by atoms with Crippen LogP contribution in [0.2, 0.25) is 0 Å². The molecule has 3 aromatic carbocycles. The first-order valence-corrected chi connectivity index (χ1v) is 9.08. The fourth-order valence-corrected chi connectivity index (χ4v) is 2.96. The zero-order valence-electron chi connectivity index (χ0n) is 15.2. The highest BCUT2D eigenvalue weighted by Crippen LogP contribution is 2.22. The normalized spacial score (nSPS) is 11.7. The van der Waals surface area contributed by atoms with Crippen molar-refractivity contribution < 1.29 is 9.32 Å². The molecule has 1 N–H and O–H groups in total.